The molecule has 2 rings (SSSR count). The molecule has 5 heteroatoms. The maximum absolute atomic E-state index is 11.3. The molecule has 0 spiro atoms. The smallest absolute Gasteiger partial charge is 0.307 e. The summed E-state index contributed by atoms with van der Waals surface area (Å²) in [7, 11) is 1.92. The molecule has 1 aromatic carbocycles. The van der Waals surface area contributed by atoms with Crippen molar-refractivity contribution in [3.05, 3.63) is 30.2 Å². The number of carbonyl (C=O) groups excluding carboxylic acids is 1. The van der Waals surface area contributed by atoms with E-state index in [-0.39, 0.29) is 5.97 Å². The second-order valence-electron chi connectivity index (χ2n) is 4.37. The molecule has 0 N–H and O–H groups in total. The van der Waals surface area contributed by atoms with Crippen LogP contribution in [0.25, 0.3) is 11.1 Å². The minimum atomic E-state index is -0.174. The number of hydrogen-bond donors (Lipinski definition) is 0. The average molecular weight is 262 g/mol. The Kier molecular flexibility index (Phi) is 4.52. The Morgan fingerprint density at radius 2 is 2.21 bits per heavy atom. The Morgan fingerprint density at radius 1 is 1.42 bits per heavy atom. The Hall–Kier alpha value is -1.88. The number of oxazole rings is 1. The highest BCUT2D eigenvalue weighted by molar-refractivity contribution is 5.72. The highest BCUT2D eigenvalue weighted by Gasteiger charge is 2.10. The van der Waals surface area contributed by atoms with Gasteiger partial charge >= 0.3 is 5.97 Å². The third-order valence-electron chi connectivity index (χ3n) is 2.75. The molecule has 5 nitrogen and oxygen atoms in total. The Morgan fingerprint density at radius 3 is 2.95 bits per heavy atom. The summed E-state index contributed by atoms with van der Waals surface area (Å²) in [6.07, 6.45) is 0.380. The highest BCUT2D eigenvalue weighted by atomic mass is 16.5. The highest BCUT2D eigenvalue weighted by Crippen LogP contribution is 2.15. The minimum Gasteiger partial charge on any atom is -0.466 e. The van der Waals surface area contributed by atoms with E-state index in [1.54, 1.807) is 6.92 Å². The zero-order valence-corrected chi connectivity index (χ0v) is 11.3. The van der Waals surface area contributed by atoms with Gasteiger partial charge < -0.3 is 9.15 Å². The Bertz CT molecular complexity index is 517. The van der Waals surface area contributed by atoms with Crippen LogP contribution in [0.4, 0.5) is 0 Å². The van der Waals surface area contributed by atoms with Crippen LogP contribution in [0.3, 0.4) is 0 Å². The summed E-state index contributed by atoms with van der Waals surface area (Å²) < 4.78 is 10.5. The number of fused-ring (bicyclic) bond motifs is 1. The third-order valence-corrected chi connectivity index (χ3v) is 2.75. The van der Waals surface area contributed by atoms with E-state index in [1.165, 1.54) is 0 Å². The van der Waals surface area contributed by atoms with Gasteiger partial charge in [0.15, 0.2) is 5.58 Å². The van der Waals surface area contributed by atoms with Crippen molar-refractivity contribution >= 4 is 17.1 Å². The van der Waals surface area contributed by atoms with Crippen molar-refractivity contribution in [2.75, 3.05) is 20.2 Å². The van der Waals surface area contributed by atoms with E-state index in [1.807, 2.05) is 36.2 Å². The Labute approximate surface area is 112 Å². The molecular formula is C14H18N2O3. The molecule has 0 unspecified atom stereocenters. The van der Waals surface area contributed by atoms with Crippen LogP contribution >= 0.6 is 0 Å². The van der Waals surface area contributed by atoms with Gasteiger partial charge in [0.1, 0.15) is 5.52 Å². The van der Waals surface area contributed by atoms with Crippen LogP contribution < -0.4 is 0 Å². The van der Waals surface area contributed by atoms with Crippen molar-refractivity contribution in [2.24, 2.45) is 0 Å². The van der Waals surface area contributed by atoms with Gasteiger partial charge in [0.25, 0.3) is 0 Å². The summed E-state index contributed by atoms with van der Waals surface area (Å²) in [6.45, 7) is 3.43. The standard InChI is InChI=1S/C14H18N2O3/c1-3-18-14(17)8-9-16(2)10-13-15-11-6-4-5-7-12(11)19-13/h4-7H,3,8-10H2,1-2H3. The molecule has 19 heavy (non-hydrogen) atoms. The van der Waals surface area contributed by atoms with Crippen molar-refractivity contribution in [1.29, 1.82) is 0 Å². The van der Waals surface area contributed by atoms with Crippen molar-refractivity contribution < 1.29 is 13.9 Å². The minimum absolute atomic E-state index is 0.174. The van der Waals surface area contributed by atoms with Crippen LogP contribution in [0, 0.1) is 0 Å². The lowest BCUT2D eigenvalue weighted by molar-refractivity contribution is -0.143. The van der Waals surface area contributed by atoms with E-state index in [0.717, 1.165) is 11.1 Å². The van der Waals surface area contributed by atoms with Gasteiger partial charge in [-0.2, -0.15) is 0 Å². The van der Waals surface area contributed by atoms with Crippen LogP contribution in [0.5, 0.6) is 0 Å². The van der Waals surface area contributed by atoms with Crippen LogP contribution in [0.1, 0.15) is 19.2 Å². The lowest BCUT2D eigenvalue weighted by Gasteiger charge is -2.13. The number of para-hydroxylation sites is 2. The first-order valence-corrected chi connectivity index (χ1v) is 6.37. The topological polar surface area (TPSA) is 55.6 Å². The van der Waals surface area contributed by atoms with E-state index in [2.05, 4.69) is 4.98 Å². The van der Waals surface area contributed by atoms with Crippen molar-refractivity contribution in [3.8, 4) is 0 Å². The van der Waals surface area contributed by atoms with E-state index < -0.39 is 0 Å². The molecule has 1 aromatic heterocycles. The first-order valence-electron chi connectivity index (χ1n) is 6.37. The van der Waals surface area contributed by atoms with Gasteiger partial charge in [-0.3, -0.25) is 9.69 Å². The molecular weight excluding hydrogens is 244 g/mol. The van der Waals surface area contributed by atoms with E-state index in [0.29, 0.717) is 32.0 Å². The maximum Gasteiger partial charge on any atom is 0.307 e. The largest absolute Gasteiger partial charge is 0.466 e. The van der Waals surface area contributed by atoms with E-state index in [9.17, 15) is 4.79 Å². The van der Waals surface area contributed by atoms with Crippen LogP contribution in [-0.4, -0.2) is 36.1 Å². The molecule has 1 heterocycles. The lowest BCUT2D eigenvalue weighted by Crippen LogP contribution is -2.22. The maximum atomic E-state index is 11.3. The first kappa shape index (κ1) is 13.5. The molecule has 102 valence electrons. The molecule has 0 aliphatic carbocycles. The summed E-state index contributed by atoms with van der Waals surface area (Å²) in [5, 5.41) is 0. The fourth-order valence-corrected chi connectivity index (χ4v) is 1.81. The summed E-state index contributed by atoms with van der Waals surface area (Å²) in [5.41, 5.74) is 1.65. The van der Waals surface area contributed by atoms with Crippen molar-refractivity contribution in [3.63, 3.8) is 0 Å². The third kappa shape index (κ3) is 3.79. The molecule has 0 aliphatic heterocycles. The van der Waals surface area contributed by atoms with Gasteiger partial charge in [0.2, 0.25) is 5.89 Å². The molecule has 0 radical (unpaired) electrons. The molecule has 0 saturated heterocycles. The van der Waals surface area contributed by atoms with Gasteiger partial charge in [-0.15, -0.1) is 0 Å². The van der Waals surface area contributed by atoms with Crippen LogP contribution in [-0.2, 0) is 16.1 Å². The number of ether oxygens (including phenoxy) is 1. The van der Waals surface area contributed by atoms with E-state index >= 15 is 0 Å². The lowest BCUT2D eigenvalue weighted by atomic mass is 10.3. The number of carbonyl (C=O) groups is 1. The summed E-state index contributed by atoms with van der Waals surface area (Å²) >= 11 is 0. The molecule has 2 aromatic rings. The van der Waals surface area contributed by atoms with Gasteiger partial charge in [-0.25, -0.2) is 4.98 Å². The molecule has 0 amide bonds. The first-order chi connectivity index (χ1) is 9.19. The number of benzene rings is 1. The number of rotatable bonds is 6. The normalized spacial score (nSPS) is 11.1. The van der Waals surface area contributed by atoms with Crippen LogP contribution in [0.2, 0.25) is 0 Å². The summed E-state index contributed by atoms with van der Waals surface area (Å²) in [4.78, 5) is 17.6. The Balaban J connectivity index is 1.88. The van der Waals surface area contributed by atoms with Gasteiger partial charge in [0.05, 0.1) is 19.6 Å². The second kappa shape index (κ2) is 6.33. The number of aromatic nitrogens is 1. The van der Waals surface area contributed by atoms with E-state index in [4.69, 9.17) is 9.15 Å². The number of nitrogens with zero attached hydrogens (tertiary/aromatic N) is 2. The molecule has 0 aliphatic rings. The fourth-order valence-electron chi connectivity index (χ4n) is 1.81. The summed E-state index contributed by atoms with van der Waals surface area (Å²) in [6, 6.07) is 7.66. The average Bonchev–Trinajstić information content (AvgIpc) is 2.78. The molecule has 0 saturated carbocycles. The molecule has 0 fully saturated rings. The monoisotopic (exact) mass is 262 g/mol. The zero-order valence-electron chi connectivity index (χ0n) is 11.3. The SMILES string of the molecule is CCOC(=O)CCN(C)Cc1nc2ccccc2o1. The van der Waals surface area contributed by atoms with Crippen molar-refractivity contribution in [1.82, 2.24) is 9.88 Å². The van der Waals surface area contributed by atoms with Gasteiger partial charge in [-0.1, -0.05) is 12.1 Å². The van der Waals surface area contributed by atoms with Crippen LogP contribution in [0.15, 0.2) is 28.7 Å². The van der Waals surface area contributed by atoms with Gasteiger partial charge in [-0.05, 0) is 26.1 Å². The van der Waals surface area contributed by atoms with Gasteiger partial charge in [0, 0.05) is 6.54 Å². The number of hydrogen-bond acceptors (Lipinski definition) is 5. The predicted molar refractivity (Wildman–Crippen MR) is 71.6 cm³/mol. The summed E-state index contributed by atoms with van der Waals surface area (Å²) in [5.74, 6) is 0.486. The fraction of sp³-hybridized carbons (Fsp3) is 0.429. The zero-order chi connectivity index (χ0) is 13.7. The second-order valence-corrected chi connectivity index (χ2v) is 4.37. The predicted octanol–water partition coefficient (Wildman–Crippen LogP) is 2.21. The quantitative estimate of drug-likeness (QED) is 0.747. The molecule has 0 atom stereocenters. The number of esters is 1. The van der Waals surface area contributed by atoms with Crippen molar-refractivity contribution in [2.45, 2.75) is 19.9 Å². The molecule has 0 bridgehead atoms.